The molecule has 1 aromatic carbocycles. The fourth-order valence-electron chi connectivity index (χ4n) is 2.47. The molecule has 0 spiro atoms. The molecule has 1 fully saturated rings. The van der Waals surface area contributed by atoms with Gasteiger partial charge in [0.15, 0.2) is 0 Å². The summed E-state index contributed by atoms with van der Waals surface area (Å²) >= 11 is 5.79. The zero-order valence-corrected chi connectivity index (χ0v) is 11.0. The van der Waals surface area contributed by atoms with Crippen LogP contribution in [0.5, 0.6) is 0 Å². The summed E-state index contributed by atoms with van der Waals surface area (Å²) in [5.41, 5.74) is 0.146. The number of hydrogen-bond acceptors (Lipinski definition) is 2. The zero-order valence-electron chi connectivity index (χ0n) is 10.3. The first-order valence-corrected chi connectivity index (χ1v) is 6.72. The molecule has 18 heavy (non-hydrogen) atoms. The van der Waals surface area contributed by atoms with Crippen molar-refractivity contribution in [1.82, 2.24) is 5.32 Å². The molecule has 98 valence electrons. The molecule has 1 saturated carbocycles. The Morgan fingerprint density at radius 3 is 2.39 bits per heavy atom. The molecule has 0 saturated heterocycles. The Morgan fingerprint density at radius 1 is 1.22 bits per heavy atom. The van der Waals surface area contributed by atoms with Gasteiger partial charge in [0, 0.05) is 10.6 Å². The highest BCUT2D eigenvalue weighted by molar-refractivity contribution is 6.30. The number of halogens is 1. The highest BCUT2D eigenvalue weighted by Gasteiger charge is 2.32. The van der Waals surface area contributed by atoms with Crippen LogP contribution >= 0.6 is 11.6 Å². The molecule has 1 aromatic rings. The molecule has 1 amide bonds. The lowest BCUT2D eigenvalue weighted by atomic mass is 9.82. The third-order valence-electron chi connectivity index (χ3n) is 3.60. The normalized spacial score (nSPS) is 18.3. The van der Waals surface area contributed by atoms with Crippen molar-refractivity contribution < 1.29 is 9.90 Å². The average Bonchev–Trinajstić information content (AvgIpc) is 2.40. The minimum Gasteiger partial charge on any atom is -0.394 e. The van der Waals surface area contributed by atoms with Gasteiger partial charge >= 0.3 is 0 Å². The van der Waals surface area contributed by atoms with Crippen LogP contribution in [0.4, 0.5) is 0 Å². The van der Waals surface area contributed by atoms with Crippen molar-refractivity contribution in [2.45, 2.75) is 37.6 Å². The van der Waals surface area contributed by atoms with Crippen molar-refractivity contribution >= 4 is 17.5 Å². The molecule has 0 radical (unpaired) electrons. The number of benzene rings is 1. The molecule has 0 heterocycles. The van der Waals surface area contributed by atoms with Crippen LogP contribution in [0.25, 0.3) is 0 Å². The van der Waals surface area contributed by atoms with Gasteiger partial charge in [0.1, 0.15) is 0 Å². The predicted octanol–water partition coefficient (Wildman–Crippen LogP) is 2.77. The second-order valence-corrected chi connectivity index (χ2v) is 5.40. The molecule has 1 aliphatic carbocycles. The fraction of sp³-hybridized carbons (Fsp3) is 0.500. The van der Waals surface area contributed by atoms with Crippen LogP contribution < -0.4 is 5.32 Å². The van der Waals surface area contributed by atoms with Gasteiger partial charge in [-0.25, -0.2) is 0 Å². The Labute approximate surface area is 112 Å². The number of carbonyl (C=O) groups is 1. The molecule has 2 N–H and O–H groups in total. The summed E-state index contributed by atoms with van der Waals surface area (Å²) in [7, 11) is 0. The van der Waals surface area contributed by atoms with Gasteiger partial charge in [-0.15, -0.1) is 0 Å². The van der Waals surface area contributed by atoms with Gasteiger partial charge in [-0.05, 0) is 37.1 Å². The molecule has 3 nitrogen and oxygen atoms in total. The summed E-state index contributed by atoms with van der Waals surface area (Å²) < 4.78 is 0. The number of nitrogens with one attached hydrogen (secondary N) is 1. The molecule has 0 aromatic heterocycles. The number of carbonyl (C=O) groups excluding carboxylic acids is 1. The van der Waals surface area contributed by atoms with Crippen LogP contribution in [0.2, 0.25) is 5.02 Å². The number of hydrogen-bond donors (Lipinski definition) is 2. The summed E-state index contributed by atoms with van der Waals surface area (Å²) in [6.07, 6.45) is 4.99. The van der Waals surface area contributed by atoms with Crippen LogP contribution in [0.1, 0.15) is 42.5 Å². The summed E-state index contributed by atoms with van der Waals surface area (Å²) in [4.78, 5) is 12.1. The Balaban J connectivity index is 2.07. The first-order chi connectivity index (χ1) is 8.65. The van der Waals surface area contributed by atoms with Gasteiger partial charge in [0.25, 0.3) is 5.91 Å². The second kappa shape index (κ2) is 5.72. The van der Waals surface area contributed by atoms with E-state index in [2.05, 4.69) is 5.32 Å². The van der Waals surface area contributed by atoms with Gasteiger partial charge in [-0.1, -0.05) is 30.9 Å². The Morgan fingerprint density at radius 2 is 1.83 bits per heavy atom. The maximum atomic E-state index is 12.1. The Hall–Kier alpha value is -1.06. The van der Waals surface area contributed by atoms with E-state index in [9.17, 15) is 9.90 Å². The molecular weight excluding hydrogens is 250 g/mol. The van der Waals surface area contributed by atoms with Crippen molar-refractivity contribution in [2.24, 2.45) is 0 Å². The first-order valence-electron chi connectivity index (χ1n) is 6.34. The standard InChI is InChI=1S/C14H18ClNO2/c15-12-6-4-11(5-7-12)13(18)16-14(10-17)8-2-1-3-9-14/h4-7,17H,1-3,8-10H2,(H,16,18). The molecular formula is C14H18ClNO2. The monoisotopic (exact) mass is 267 g/mol. The SMILES string of the molecule is O=C(NC1(CO)CCCCC1)c1ccc(Cl)cc1. The van der Waals surface area contributed by atoms with Crippen LogP contribution in [0, 0.1) is 0 Å². The van der Waals surface area contributed by atoms with Crippen LogP contribution in [0.3, 0.4) is 0 Å². The summed E-state index contributed by atoms with van der Waals surface area (Å²) in [6, 6.07) is 6.79. The predicted molar refractivity (Wildman–Crippen MR) is 71.8 cm³/mol. The third kappa shape index (κ3) is 3.03. The molecule has 0 bridgehead atoms. The quantitative estimate of drug-likeness (QED) is 0.885. The Kier molecular flexibility index (Phi) is 4.25. The summed E-state index contributed by atoms with van der Waals surface area (Å²) in [5, 5.41) is 13.1. The van der Waals surface area contributed by atoms with Gasteiger partial charge in [0.05, 0.1) is 12.1 Å². The lowest BCUT2D eigenvalue weighted by Crippen LogP contribution is -2.52. The lowest BCUT2D eigenvalue weighted by molar-refractivity contribution is 0.0758. The van der Waals surface area contributed by atoms with Crippen molar-refractivity contribution in [2.75, 3.05) is 6.61 Å². The van der Waals surface area contributed by atoms with Crippen molar-refractivity contribution in [3.05, 3.63) is 34.9 Å². The minimum atomic E-state index is -0.436. The lowest BCUT2D eigenvalue weighted by Gasteiger charge is -2.36. The first kappa shape index (κ1) is 13.4. The van der Waals surface area contributed by atoms with Crippen molar-refractivity contribution in [3.8, 4) is 0 Å². The number of aliphatic hydroxyl groups excluding tert-OH is 1. The van der Waals surface area contributed by atoms with Crippen LogP contribution in [0.15, 0.2) is 24.3 Å². The molecule has 4 heteroatoms. The maximum absolute atomic E-state index is 12.1. The largest absolute Gasteiger partial charge is 0.394 e. The van der Waals surface area contributed by atoms with Crippen LogP contribution in [-0.2, 0) is 0 Å². The van der Waals surface area contributed by atoms with Gasteiger partial charge in [0.2, 0.25) is 0 Å². The van der Waals surface area contributed by atoms with Gasteiger partial charge in [-0.3, -0.25) is 4.79 Å². The summed E-state index contributed by atoms with van der Waals surface area (Å²) in [5.74, 6) is -0.136. The maximum Gasteiger partial charge on any atom is 0.251 e. The average molecular weight is 268 g/mol. The van der Waals surface area contributed by atoms with E-state index in [4.69, 9.17) is 11.6 Å². The van der Waals surface area contributed by atoms with E-state index in [-0.39, 0.29) is 12.5 Å². The van der Waals surface area contributed by atoms with Gasteiger partial charge in [-0.2, -0.15) is 0 Å². The third-order valence-corrected chi connectivity index (χ3v) is 3.85. The van der Waals surface area contributed by atoms with E-state index in [0.717, 1.165) is 25.7 Å². The highest BCUT2D eigenvalue weighted by atomic mass is 35.5. The Bertz CT molecular complexity index is 410. The van der Waals surface area contributed by atoms with E-state index in [0.29, 0.717) is 10.6 Å². The van der Waals surface area contributed by atoms with E-state index >= 15 is 0 Å². The van der Waals surface area contributed by atoms with Crippen LogP contribution in [-0.4, -0.2) is 23.2 Å². The molecule has 0 aliphatic heterocycles. The smallest absolute Gasteiger partial charge is 0.251 e. The number of rotatable bonds is 3. The number of aliphatic hydroxyl groups is 1. The zero-order chi connectivity index (χ0) is 13.0. The van der Waals surface area contributed by atoms with E-state index < -0.39 is 5.54 Å². The summed E-state index contributed by atoms with van der Waals surface area (Å²) in [6.45, 7) is 0.00628. The molecule has 0 atom stereocenters. The second-order valence-electron chi connectivity index (χ2n) is 4.96. The van der Waals surface area contributed by atoms with Crippen molar-refractivity contribution in [1.29, 1.82) is 0 Å². The highest BCUT2D eigenvalue weighted by Crippen LogP contribution is 2.28. The van der Waals surface area contributed by atoms with Gasteiger partial charge < -0.3 is 10.4 Å². The van der Waals surface area contributed by atoms with E-state index in [1.165, 1.54) is 6.42 Å². The minimum absolute atomic E-state index is 0.00628. The fourth-order valence-corrected chi connectivity index (χ4v) is 2.59. The molecule has 2 rings (SSSR count). The van der Waals surface area contributed by atoms with Crippen molar-refractivity contribution in [3.63, 3.8) is 0 Å². The molecule has 1 aliphatic rings. The number of amides is 1. The topological polar surface area (TPSA) is 49.3 Å². The van der Waals surface area contributed by atoms with E-state index in [1.807, 2.05) is 0 Å². The van der Waals surface area contributed by atoms with E-state index in [1.54, 1.807) is 24.3 Å². The molecule has 0 unspecified atom stereocenters.